The van der Waals surface area contributed by atoms with E-state index in [1.807, 2.05) is 6.92 Å². The Hall–Kier alpha value is -3.75. The lowest BCUT2D eigenvalue weighted by Gasteiger charge is -2.23. The molecule has 9 heteroatoms. The van der Waals surface area contributed by atoms with Crippen molar-refractivity contribution in [2.75, 3.05) is 26.1 Å². The molecule has 1 unspecified atom stereocenters. The molecule has 0 aliphatic heterocycles. The molecule has 34 heavy (non-hydrogen) atoms. The van der Waals surface area contributed by atoms with E-state index in [0.717, 1.165) is 0 Å². The minimum absolute atomic E-state index is 0.264. The maximum absolute atomic E-state index is 12.8. The van der Waals surface area contributed by atoms with Crippen LogP contribution in [0.3, 0.4) is 0 Å². The molecule has 0 aliphatic carbocycles. The topological polar surface area (TPSA) is 112 Å². The summed E-state index contributed by atoms with van der Waals surface area (Å²) in [5, 5.41) is 5.36. The summed E-state index contributed by atoms with van der Waals surface area (Å²) in [4.78, 5) is 38.0. The normalized spacial score (nSPS) is 12.3. The molecule has 2 aromatic rings. The highest BCUT2D eigenvalue weighted by atomic mass is 16.5. The summed E-state index contributed by atoms with van der Waals surface area (Å²) < 4.78 is 21.1. The van der Waals surface area contributed by atoms with E-state index in [9.17, 15) is 14.4 Å². The molecule has 2 rings (SSSR count). The molecule has 0 aliphatic rings. The van der Waals surface area contributed by atoms with E-state index in [1.165, 1.54) is 21.1 Å². The van der Waals surface area contributed by atoms with Crippen molar-refractivity contribution < 1.29 is 33.3 Å². The summed E-state index contributed by atoms with van der Waals surface area (Å²) in [7, 11) is 3.00. The highest BCUT2D eigenvalue weighted by Crippen LogP contribution is 2.29. The first-order valence-corrected chi connectivity index (χ1v) is 11.0. The summed E-state index contributed by atoms with van der Waals surface area (Å²) in [5.74, 6) is -0.315. The van der Waals surface area contributed by atoms with Crippen LogP contribution in [0.1, 0.15) is 38.1 Å². The largest absolute Gasteiger partial charge is 0.494 e. The highest BCUT2D eigenvalue weighted by Gasteiger charge is 2.29. The van der Waals surface area contributed by atoms with Crippen LogP contribution in [0.15, 0.2) is 42.5 Å². The van der Waals surface area contributed by atoms with Gasteiger partial charge in [-0.25, -0.2) is 4.79 Å². The number of benzene rings is 2. The predicted octanol–water partition coefficient (Wildman–Crippen LogP) is 3.43. The standard InChI is InChI=1S/C25H32N2O7/c1-7-33-19-11-8-17(9-12-19)24(29)27-22(15(2)3)25(30)34-16(4)23(28)26-18-10-13-20(31-5)21(14-18)32-6/h8-16,22H,7H2,1-6H3,(H,26,28)(H,27,29)/t16?,22-/m0/s1. The third kappa shape index (κ3) is 7.13. The Kier molecular flexibility index (Phi) is 9.73. The van der Waals surface area contributed by atoms with Crippen LogP contribution in [0, 0.1) is 5.92 Å². The van der Waals surface area contributed by atoms with Crippen molar-refractivity contribution in [3.8, 4) is 17.2 Å². The number of anilines is 1. The fourth-order valence-corrected chi connectivity index (χ4v) is 3.05. The number of esters is 1. The molecule has 9 nitrogen and oxygen atoms in total. The first-order valence-electron chi connectivity index (χ1n) is 11.0. The third-order valence-electron chi connectivity index (χ3n) is 4.95. The quantitative estimate of drug-likeness (QED) is 0.482. The molecule has 0 bridgehead atoms. The molecule has 2 atom stereocenters. The van der Waals surface area contributed by atoms with Gasteiger partial charge in [-0.3, -0.25) is 9.59 Å². The molecule has 2 aromatic carbocycles. The van der Waals surface area contributed by atoms with Crippen molar-refractivity contribution in [2.45, 2.75) is 39.8 Å². The fraction of sp³-hybridized carbons (Fsp3) is 0.400. The summed E-state index contributed by atoms with van der Waals surface area (Å²) in [6, 6.07) is 10.5. The highest BCUT2D eigenvalue weighted by molar-refractivity contribution is 5.98. The molecule has 0 saturated heterocycles. The number of hydrogen-bond donors (Lipinski definition) is 2. The Morgan fingerprint density at radius 1 is 0.912 bits per heavy atom. The maximum Gasteiger partial charge on any atom is 0.329 e. The van der Waals surface area contributed by atoms with Gasteiger partial charge in [0, 0.05) is 17.3 Å². The molecule has 0 spiro atoms. The number of amides is 2. The van der Waals surface area contributed by atoms with Crippen LogP contribution >= 0.6 is 0 Å². The lowest BCUT2D eigenvalue weighted by Crippen LogP contribution is -2.47. The molecular formula is C25H32N2O7. The Bertz CT molecular complexity index is 989. The number of rotatable bonds is 11. The minimum atomic E-state index is -1.09. The van der Waals surface area contributed by atoms with Gasteiger partial charge in [-0.05, 0) is 56.2 Å². The third-order valence-corrected chi connectivity index (χ3v) is 4.95. The maximum atomic E-state index is 12.8. The van der Waals surface area contributed by atoms with Gasteiger partial charge in [0.2, 0.25) is 0 Å². The second-order valence-electron chi connectivity index (χ2n) is 7.79. The molecule has 0 saturated carbocycles. The smallest absolute Gasteiger partial charge is 0.329 e. The van der Waals surface area contributed by atoms with Gasteiger partial charge >= 0.3 is 5.97 Å². The van der Waals surface area contributed by atoms with Gasteiger partial charge in [-0.2, -0.15) is 0 Å². The number of carbonyl (C=O) groups is 3. The Balaban J connectivity index is 2.01. The number of ether oxygens (including phenoxy) is 4. The molecular weight excluding hydrogens is 440 g/mol. The second kappa shape index (κ2) is 12.5. The lowest BCUT2D eigenvalue weighted by molar-refractivity contribution is -0.156. The summed E-state index contributed by atoms with van der Waals surface area (Å²) >= 11 is 0. The van der Waals surface area contributed by atoms with E-state index in [0.29, 0.717) is 35.1 Å². The zero-order valence-electron chi connectivity index (χ0n) is 20.3. The van der Waals surface area contributed by atoms with Gasteiger partial charge in [0.05, 0.1) is 20.8 Å². The molecule has 0 fully saturated rings. The SMILES string of the molecule is CCOc1ccc(C(=O)N[C@H](C(=O)OC(C)C(=O)Nc2ccc(OC)c(OC)c2)C(C)C)cc1. The van der Waals surface area contributed by atoms with Crippen LogP contribution in [0.4, 0.5) is 5.69 Å². The average molecular weight is 473 g/mol. The van der Waals surface area contributed by atoms with Crippen molar-refractivity contribution in [3.63, 3.8) is 0 Å². The van der Waals surface area contributed by atoms with Gasteiger partial charge in [-0.15, -0.1) is 0 Å². The Morgan fingerprint density at radius 3 is 2.12 bits per heavy atom. The number of nitrogens with one attached hydrogen (secondary N) is 2. The molecule has 0 radical (unpaired) electrons. The molecule has 0 aromatic heterocycles. The summed E-state index contributed by atoms with van der Waals surface area (Å²) in [5.41, 5.74) is 0.830. The number of carbonyl (C=O) groups excluding carboxylic acids is 3. The van der Waals surface area contributed by atoms with Crippen LogP contribution in [0.25, 0.3) is 0 Å². The van der Waals surface area contributed by atoms with Gasteiger partial charge in [0.25, 0.3) is 11.8 Å². The van der Waals surface area contributed by atoms with Crippen molar-refractivity contribution in [1.82, 2.24) is 5.32 Å². The lowest BCUT2D eigenvalue weighted by atomic mass is 10.0. The van der Waals surface area contributed by atoms with Crippen molar-refractivity contribution in [2.24, 2.45) is 5.92 Å². The van der Waals surface area contributed by atoms with Crippen LogP contribution in [0.2, 0.25) is 0 Å². The van der Waals surface area contributed by atoms with E-state index < -0.39 is 29.9 Å². The molecule has 0 heterocycles. The summed E-state index contributed by atoms with van der Waals surface area (Å²) in [6.07, 6.45) is -1.09. The van der Waals surface area contributed by atoms with Gasteiger partial charge in [0.15, 0.2) is 17.6 Å². The van der Waals surface area contributed by atoms with Crippen molar-refractivity contribution in [1.29, 1.82) is 0 Å². The van der Waals surface area contributed by atoms with Gasteiger partial charge in [0.1, 0.15) is 11.8 Å². The van der Waals surface area contributed by atoms with E-state index in [-0.39, 0.29) is 5.92 Å². The first kappa shape index (κ1) is 26.5. The van der Waals surface area contributed by atoms with E-state index in [2.05, 4.69) is 10.6 Å². The Labute approximate surface area is 199 Å². The van der Waals surface area contributed by atoms with Crippen LogP contribution in [-0.4, -0.2) is 50.8 Å². The zero-order chi connectivity index (χ0) is 25.3. The first-order chi connectivity index (χ1) is 16.2. The van der Waals surface area contributed by atoms with E-state index in [1.54, 1.807) is 56.3 Å². The fourth-order valence-electron chi connectivity index (χ4n) is 3.05. The average Bonchev–Trinajstić information content (AvgIpc) is 2.82. The van der Waals surface area contributed by atoms with Gasteiger partial charge in [-0.1, -0.05) is 13.8 Å². The zero-order valence-corrected chi connectivity index (χ0v) is 20.3. The van der Waals surface area contributed by atoms with E-state index >= 15 is 0 Å². The summed E-state index contributed by atoms with van der Waals surface area (Å²) in [6.45, 7) is 7.40. The minimum Gasteiger partial charge on any atom is -0.494 e. The Morgan fingerprint density at radius 2 is 1.56 bits per heavy atom. The van der Waals surface area contributed by atoms with Gasteiger partial charge < -0.3 is 29.6 Å². The monoisotopic (exact) mass is 472 g/mol. The predicted molar refractivity (Wildman–Crippen MR) is 127 cm³/mol. The number of methoxy groups -OCH3 is 2. The molecule has 184 valence electrons. The molecule has 2 N–H and O–H groups in total. The number of hydrogen-bond acceptors (Lipinski definition) is 7. The van der Waals surface area contributed by atoms with Crippen molar-refractivity contribution >= 4 is 23.5 Å². The van der Waals surface area contributed by atoms with E-state index in [4.69, 9.17) is 18.9 Å². The van der Waals surface area contributed by atoms with Crippen molar-refractivity contribution in [3.05, 3.63) is 48.0 Å². The second-order valence-corrected chi connectivity index (χ2v) is 7.79. The molecule has 2 amide bonds. The van der Waals surface area contributed by atoms with Crippen LogP contribution < -0.4 is 24.8 Å². The van der Waals surface area contributed by atoms with Crippen LogP contribution in [-0.2, 0) is 14.3 Å². The van der Waals surface area contributed by atoms with Crippen LogP contribution in [0.5, 0.6) is 17.2 Å².